The van der Waals surface area contributed by atoms with E-state index in [-0.39, 0.29) is 18.2 Å². The molecule has 0 fully saturated rings. The first-order chi connectivity index (χ1) is 9.32. The normalized spacial score (nSPS) is 12.7. The van der Waals surface area contributed by atoms with Gasteiger partial charge in [0, 0.05) is 18.6 Å². The second kappa shape index (κ2) is 6.85. The minimum atomic E-state index is -4.00. The predicted octanol–water partition coefficient (Wildman–Crippen LogP) is 2.56. The number of rotatable bonds is 7. The third-order valence-electron chi connectivity index (χ3n) is 3.68. The van der Waals surface area contributed by atoms with Gasteiger partial charge in [0.05, 0.1) is 5.02 Å². The number of nitrogens with one attached hydrogen (secondary N) is 1. The summed E-state index contributed by atoms with van der Waals surface area (Å²) in [7, 11) is -4.00. The first kappa shape index (κ1) is 17.4. The van der Waals surface area contributed by atoms with E-state index in [9.17, 15) is 17.9 Å². The second-order valence-corrected chi connectivity index (χ2v) is 6.88. The van der Waals surface area contributed by atoms with Gasteiger partial charge in [-0.05, 0) is 25.0 Å². The average Bonchev–Trinajstić information content (AvgIpc) is 2.44. The third kappa shape index (κ3) is 3.69. The minimum Gasteiger partial charge on any atom is -0.396 e. The third-order valence-corrected chi connectivity index (χ3v) is 5.39. The Morgan fingerprint density at radius 2 is 1.95 bits per heavy atom. The summed E-state index contributed by atoms with van der Waals surface area (Å²) in [5, 5.41) is 9.17. The molecule has 0 heterocycles. The van der Waals surface area contributed by atoms with Gasteiger partial charge in [0.25, 0.3) is 0 Å². The summed E-state index contributed by atoms with van der Waals surface area (Å²) in [6.45, 7) is 3.65. The minimum absolute atomic E-state index is 0.0464. The lowest BCUT2D eigenvalue weighted by Crippen LogP contribution is -2.39. The molecule has 1 rings (SSSR count). The molecule has 7 heteroatoms. The molecule has 4 nitrogen and oxygen atoms in total. The Morgan fingerprint density at radius 3 is 2.45 bits per heavy atom. The second-order valence-electron chi connectivity index (χ2n) is 4.74. The Balaban J connectivity index is 2.99. The van der Waals surface area contributed by atoms with Crippen LogP contribution in [0.1, 0.15) is 26.7 Å². The maximum absolute atomic E-state index is 13.8. The smallest absolute Gasteiger partial charge is 0.243 e. The van der Waals surface area contributed by atoms with Crippen LogP contribution in [0.5, 0.6) is 0 Å². The fourth-order valence-corrected chi connectivity index (χ4v) is 3.28. The lowest BCUT2D eigenvalue weighted by atomic mass is 9.84. The highest BCUT2D eigenvalue weighted by molar-refractivity contribution is 7.89. The molecule has 0 saturated heterocycles. The van der Waals surface area contributed by atoms with Crippen LogP contribution in [0.3, 0.4) is 0 Å². The van der Waals surface area contributed by atoms with E-state index in [1.165, 1.54) is 12.1 Å². The standard InChI is InChI=1S/C13H19ClFNO3S/c1-3-13(4-2,9-17)8-16-20(18,19)11-7-5-6-10(14)12(11)15/h5-7,16-17H,3-4,8-9H2,1-2H3. The number of halogens is 2. The molecule has 0 aliphatic carbocycles. The predicted molar refractivity (Wildman–Crippen MR) is 76.7 cm³/mol. The summed E-state index contributed by atoms with van der Waals surface area (Å²) in [4.78, 5) is -0.482. The van der Waals surface area contributed by atoms with Crippen molar-refractivity contribution in [1.82, 2.24) is 4.72 Å². The molecule has 0 bridgehead atoms. The van der Waals surface area contributed by atoms with Gasteiger partial charge >= 0.3 is 0 Å². The monoisotopic (exact) mass is 323 g/mol. The van der Waals surface area contributed by atoms with Crippen LogP contribution in [0.25, 0.3) is 0 Å². The van der Waals surface area contributed by atoms with Gasteiger partial charge in [0.1, 0.15) is 4.90 Å². The van der Waals surface area contributed by atoms with E-state index in [0.717, 1.165) is 6.07 Å². The van der Waals surface area contributed by atoms with Gasteiger partial charge in [0.2, 0.25) is 10.0 Å². The Kier molecular flexibility index (Phi) is 5.94. The Hall–Kier alpha value is -0.690. The first-order valence-corrected chi connectivity index (χ1v) is 8.22. The molecule has 0 aliphatic heterocycles. The molecule has 0 radical (unpaired) electrons. The summed E-state index contributed by atoms with van der Waals surface area (Å²) < 4.78 is 40.3. The zero-order valence-electron chi connectivity index (χ0n) is 11.5. The number of aliphatic hydroxyl groups is 1. The Labute approximate surface area is 124 Å². The van der Waals surface area contributed by atoms with Crippen LogP contribution < -0.4 is 4.72 Å². The number of benzene rings is 1. The van der Waals surface area contributed by atoms with Crippen molar-refractivity contribution in [2.45, 2.75) is 31.6 Å². The van der Waals surface area contributed by atoms with E-state index in [2.05, 4.69) is 4.72 Å². The van der Waals surface area contributed by atoms with Crippen LogP contribution >= 0.6 is 11.6 Å². The van der Waals surface area contributed by atoms with Crippen molar-refractivity contribution in [3.8, 4) is 0 Å². The summed E-state index contributed by atoms with van der Waals surface area (Å²) in [6.07, 6.45) is 1.22. The molecule has 0 unspecified atom stereocenters. The number of sulfonamides is 1. The molecule has 0 amide bonds. The molecular formula is C13H19ClFNO3S. The molecule has 0 saturated carbocycles. The van der Waals surface area contributed by atoms with E-state index in [1.54, 1.807) is 0 Å². The largest absolute Gasteiger partial charge is 0.396 e. The van der Waals surface area contributed by atoms with Crippen LogP contribution in [0, 0.1) is 11.2 Å². The number of hydrogen-bond donors (Lipinski definition) is 2. The van der Waals surface area contributed by atoms with Crippen LogP contribution in [-0.4, -0.2) is 26.7 Å². The van der Waals surface area contributed by atoms with Crippen molar-refractivity contribution in [3.05, 3.63) is 29.0 Å². The fraction of sp³-hybridized carbons (Fsp3) is 0.538. The number of aliphatic hydroxyl groups excluding tert-OH is 1. The van der Waals surface area contributed by atoms with E-state index < -0.39 is 26.2 Å². The van der Waals surface area contributed by atoms with Crippen molar-refractivity contribution >= 4 is 21.6 Å². The van der Waals surface area contributed by atoms with Crippen molar-refractivity contribution in [2.24, 2.45) is 5.41 Å². The highest BCUT2D eigenvalue weighted by atomic mass is 35.5. The quantitative estimate of drug-likeness (QED) is 0.810. The Bertz CT molecular complexity index is 550. The molecule has 2 N–H and O–H groups in total. The summed E-state index contributed by atoms with van der Waals surface area (Å²) in [6, 6.07) is 3.81. The summed E-state index contributed by atoms with van der Waals surface area (Å²) in [5.74, 6) is -0.968. The van der Waals surface area contributed by atoms with Gasteiger partial charge in [-0.2, -0.15) is 0 Å². The zero-order chi connectivity index (χ0) is 15.4. The van der Waals surface area contributed by atoms with Crippen molar-refractivity contribution in [3.63, 3.8) is 0 Å². The van der Waals surface area contributed by atoms with E-state index in [4.69, 9.17) is 11.6 Å². The first-order valence-electron chi connectivity index (χ1n) is 6.36. The fourth-order valence-electron chi connectivity index (χ4n) is 1.80. The lowest BCUT2D eigenvalue weighted by Gasteiger charge is -2.29. The highest BCUT2D eigenvalue weighted by Crippen LogP contribution is 2.26. The van der Waals surface area contributed by atoms with E-state index in [1.807, 2.05) is 13.8 Å². The van der Waals surface area contributed by atoms with Crippen molar-refractivity contribution in [2.75, 3.05) is 13.2 Å². The lowest BCUT2D eigenvalue weighted by molar-refractivity contribution is 0.119. The van der Waals surface area contributed by atoms with Crippen LogP contribution in [0.15, 0.2) is 23.1 Å². The van der Waals surface area contributed by atoms with Crippen molar-refractivity contribution < 1.29 is 17.9 Å². The Morgan fingerprint density at radius 1 is 1.35 bits per heavy atom. The van der Waals surface area contributed by atoms with Crippen LogP contribution in [0.2, 0.25) is 5.02 Å². The van der Waals surface area contributed by atoms with Crippen LogP contribution in [-0.2, 0) is 10.0 Å². The zero-order valence-corrected chi connectivity index (χ0v) is 13.1. The van der Waals surface area contributed by atoms with Gasteiger partial charge in [-0.1, -0.05) is 31.5 Å². The topological polar surface area (TPSA) is 66.4 Å². The molecule has 0 aliphatic rings. The molecule has 0 spiro atoms. The van der Waals surface area contributed by atoms with Gasteiger partial charge in [0.15, 0.2) is 5.82 Å². The molecular weight excluding hydrogens is 305 g/mol. The summed E-state index contributed by atoms with van der Waals surface area (Å²) >= 11 is 5.58. The van der Waals surface area contributed by atoms with E-state index >= 15 is 0 Å². The van der Waals surface area contributed by atoms with Crippen LogP contribution in [0.4, 0.5) is 4.39 Å². The molecule has 0 aromatic heterocycles. The molecule has 1 aromatic carbocycles. The highest BCUT2D eigenvalue weighted by Gasteiger charge is 2.29. The molecule has 20 heavy (non-hydrogen) atoms. The van der Waals surface area contributed by atoms with Gasteiger partial charge in [-0.15, -0.1) is 0 Å². The maximum atomic E-state index is 13.8. The SMILES string of the molecule is CCC(CC)(CO)CNS(=O)(=O)c1cccc(Cl)c1F. The summed E-state index contributed by atoms with van der Waals surface area (Å²) in [5.41, 5.74) is -0.540. The molecule has 0 atom stereocenters. The molecule has 114 valence electrons. The van der Waals surface area contributed by atoms with Gasteiger partial charge < -0.3 is 5.11 Å². The van der Waals surface area contributed by atoms with E-state index in [0.29, 0.717) is 12.8 Å². The maximum Gasteiger partial charge on any atom is 0.243 e. The molecule has 1 aromatic rings. The number of hydrogen-bond acceptors (Lipinski definition) is 3. The average molecular weight is 324 g/mol. The van der Waals surface area contributed by atoms with Crippen molar-refractivity contribution in [1.29, 1.82) is 0 Å². The van der Waals surface area contributed by atoms with Gasteiger partial charge in [-0.3, -0.25) is 0 Å². The van der Waals surface area contributed by atoms with Gasteiger partial charge in [-0.25, -0.2) is 17.5 Å².